The third-order valence-corrected chi connectivity index (χ3v) is 1.30. The quantitative estimate of drug-likeness (QED) is 0.396. The lowest BCUT2D eigenvalue weighted by Gasteiger charge is -1.69. The van der Waals surface area contributed by atoms with Crippen molar-refractivity contribution in [2.45, 2.75) is 0 Å². The molecule has 0 aliphatic heterocycles. The molecule has 0 N–H and O–H groups in total. The van der Waals surface area contributed by atoms with E-state index < -0.39 is 14.9 Å². The van der Waals surface area contributed by atoms with Gasteiger partial charge in [-0.1, -0.05) is 0 Å². The Bertz CT molecular complexity index is 261. The van der Waals surface area contributed by atoms with E-state index in [9.17, 15) is 14.4 Å². The first-order valence-electron chi connectivity index (χ1n) is 1.52. The van der Waals surface area contributed by atoms with Gasteiger partial charge in [-0.05, 0) is 11.3 Å². The second kappa shape index (κ2) is 1.10. The molecule has 0 unspecified atom stereocenters. The summed E-state index contributed by atoms with van der Waals surface area (Å²) in [5.74, 6) is 0. The normalized spacial score (nSPS) is 9.71. The minimum Gasteiger partial charge on any atom is -0.279 e. The average Bonchev–Trinajstić information content (AvgIpc) is 1.68. The first-order valence-corrected chi connectivity index (χ1v) is 2.34. The van der Waals surface area contributed by atoms with E-state index in [0.29, 0.717) is 11.3 Å². The van der Waals surface area contributed by atoms with Gasteiger partial charge in [0, 0.05) is 0 Å². The predicted octanol–water partition coefficient (Wildman–Crippen LogP) is -1.30. The van der Waals surface area contributed by atoms with Gasteiger partial charge in [0.2, 0.25) is 0 Å². The fourth-order valence-electron chi connectivity index (χ4n) is 0.214. The molecule has 0 aromatic carbocycles. The summed E-state index contributed by atoms with van der Waals surface area (Å²) in [5, 5.41) is 0. The molecule has 3 nitrogen and oxygen atoms in total. The van der Waals surface area contributed by atoms with Gasteiger partial charge in [0.15, 0.2) is 0 Å². The topological polar surface area (TPSA) is 51.2 Å². The van der Waals surface area contributed by atoms with Crippen LogP contribution >= 0.6 is 11.3 Å². The summed E-state index contributed by atoms with van der Waals surface area (Å²) in [6.45, 7) is 0. The molecule has 1 heterocycles. The van der Waals surface area contributed by atoms with Crippen LogP contribution in [0.5, 0.6) is 0 Å². The van der Waals surface area contributed by atoms with Crippen molar-refractivity contribution < 1.29 is 0 Å². The average molecular weight is 116 g/mol. The van der Waals surface area contributed by atoms with Crippen LogP contribution in [0, 0.1) is 0 Å². The molecule has 0 radical (unpaired) electrons. The van der Waals surface area contributed by atoms with Crippen molar-refractivity contribution in [1.82, 2.24) is 0 Å². The van der Waals surface area contributed by atoms with Crippen LogP contribution in [0.25, 0.3) is 0 Å². The molecule has 0 aliphatic carbocycles. The van der Waals surface area contributed by atoms with Gasteiger partial charge in [0.05, 0.1) is 0 Å². The van der Waals surface area contributed by atoms with Gasteiger partial charge in [-0.15, -0.1) is 0 Å². The summed E-state index contributed by atoms with van der Waals surface area (Å²) < 4.78 is -1.27. The zero-order valence-corrected chi connectivity index (χ0v) is 3.95. The third kappa shape index (κ3) is 0.433. The van der Waals surface area contributed by atoms with Crippen LogP contribution in [-0.2, 0) is 0 Å². The van der Waals surface area contributed by atoms with Crippen molar-refractivity contribution in [3.63, 3.8) is 0 Å². The Kier molecular flexibility index (Phi) is 0.689. The van der Waals surface area contributed by atoms with Gasteiger partial charge in [-0.3, -0.25) is 14.4 Å². The first kappa shape index (κ1) is 4.39. The molecule has 0 bridgehead atoms. The van der Waals surface area contributed by atoms with Crippen LogP contribution in [0.1, 0.15) is 0 Å². The van der Waals surface area contributed by atoms with Gasteiger partial charge in [-0.2, -0.15) is 0 Å². The van der Waals surface area contributed by atoms with Crippen LogP contribution in [0.15, 0.2) is 14.4 Å². The molecule has 0 atom stereocenters. The van der Waals surface area contributed by atoms with E-state index in [2.05, 4.69) is 0 Å². The summed E-state index contributed by atoms with van der Waals surface area (Å²) in [7, 11) is 0. The van der Waals surface area contributed by atoms with Crippen molar-refractivity contribution in [2.24, 2.45) is 0 Å². The van der Waals surface area contributed by atoms with Crippen LogP contribution in [0.2, 0.25) is 0 Å². The molecule has 0 spiro atoms. The Morgan fingerprint density at radius 3 is 1.43 bits per heavy atom. The zero-order chi connectivity index (χ0) is 5.44. The molecule has 4 heteroatoms. The molecule has 1 rings (SSSR count). The lowest BCUT2D eigenvalue weighted by molar-refractivity contribution is 1.53. The van der Waals surface area contributed by atoms with Gasteiger partial charge in [-0.25, -0.2) is 0 Å². The Balaban J connectivity index is 3.77. The van der Waals surface area contributed by atoms with Crippen molar-refractivity contribution in [2.75, 3.05) is 0 Å². The highest BCUT2D eigenvalue weighted by atomic mass is 32.1. The maximum absolute atomic E-state index is 9.84. The lowest BCUT2D eigenvalue weighted by Crippen LogP contribution is -2.41. The summed E-state index contributed by atoms with van der Waals surface area (Å²) in [6.07, 6.45) is 0. The molecular formula is C3O3S. The van der Waals surface area contributed by atoms with Crippen molar-refractivity contribution in [3.8, 4) is 0 Å². The molecule has 1 aromatic heterocycles. The standard InChI is InChI=1S/C3O3S/c4-1-2(5)7-3(1)6. The summed E-state index contributed by atoms with van der Waals surface area (Å²) >= 11 is 0.464. The Hall–Kier alpha value is -0.770. The van der Waals surface area contributed by atoms with Gasteiger partial charge < -0.3 is 0 Å². The first-order chi connectivity index (χ1) is 3.22. The van der Waals surface area contributed by atoms with Crippen LogP contribution in [0.3, 0.4) is 0 Å². The second-order valence-corrected chi connectivity index (χ2v) is 1.95. The Morgan fingerprint density at radius 2 is 1.43 bits per heavy atom. The van der Waals surface area contributed by atoms with E-state index in [4.69, 9.17) is 0 Å². The van der Waals surface area contributed by atoms with E-state index in [-0.39, 0.29) is 0 Å². The minimum absolute atomic E-state index is 0.464. The Morgan fingerprint density at radius 1 is 1.00 bits per heavy atom. The molecule has 0 aliphatic rings. The van der Waals surface area contributed by atoms with Gasteiger partial charge in [0.1, 0.15) is 0 Å². The molecule has 1 aromatic rings. The van der Waals surface area contributed by atoms with Crippen LogP contribution in [-0.4, -0.2) is 0 Å². The van der Waals surface area contributed by atoms with Crippen molar-refractivity contribution in [1.29, 1.82) is 0 Å². The zero-order valence-electron chi connectivity index (χ0n) is 3.13. The summed E-state index contributed by atoms with van der Waals surface area (Å²) in [4.78, 5) is 29.5. The number of rotatable bonds is 0. The highest BCUT2D eigenvalue weighted by Crippen LogP contribution is 1.58. The SMILES string of the molecule is O=c1sc(=O)c1=O. The monoisotopic (exact) mass is 116 g/mol. The predicted molar refractivity (Wildman–Crippen MR) is 25.5 cm³/mol. The molecule has 0 saturated carbocycles. The highest BCUT2D eigenvalue weighted by Gasteiger charge is 2.03. The fourth-order valence-corrected chi connectivity index (χ4v) is 0.600. The lowest BCUT2D eigenvalue weighted by atomic mass is 10.7. The molecule has 0 amide bonds. The molecule has 7 heavy (non-hydrogen) atoms. The smallest absolute Gasteiger partial charge is 0.279 e. The summed E-state index contributed by atoms with van der Waals surface area (Å²) in [6, 6.07) is 0. The van der Waals surface area contributed by atoms with E-state index in [1.807, 2.05) is 0 Å². The summed E-state index contributed by atoms with van der Waals surface area (Å²) in [5.41, 5.74) is -0.870. The maximum Gasteiger partial charge on any atom is 0.294 e. The van der Waals surface area contributed by atoms with Gasteiger partial charge >= 0.3 is 0 Å². The molecule has 0 saturated heterocycles. The third-order valence-electron chi connectivity index (χ3n) is 0.556. The number of hydrogen-bond acceptors (Lipinski definition) is 4. The fraction of sp³-hybridized carbons (Fsp3) is 0. The molecule has 36 valence electrons. The number of hydrogen-bond donors (Lipinski definition) is 0. The van der Waals surface area contributed by atoms with E-state index in [1.165, 1.54) is 0 Å². The molecular weight excluding hydrogens is 116 g/mol. The van der Waals surface area contributed by atoms with E-state index >= 15 is 0 Å². The second-order valence-electron chi connectivity index (χ2n) is 1.01. The van der Waals surface area contributed by atoms with Crippen molar-refractivity contribution in [3.05, 3.63) is 29.3 Å². The largest absolute Gasteiger partial charge is 0.294 e. The van der Waals surface area contributed by atoms with Crippen LogP contribution < -0.4 is 14.9 Å². The maximum atomic E-state index is 9.84. The Labute approximate surface area is 41.5 Å². The van der Waals surface area contributed by atoms with Crippen molar-refractivity contribution >= 4 is 11.3 Å². The highest BCUT2D eigenvalue weighted by molar-refractivity contribution is 7.08. The van der Waals surface area contributed by atoms with Gasteiger partial charge in [0.25, 0.3) is 14.9 Å². The van der Waals surface area contributed by atoms with Crippen LogP contribution in [0.4, 0.5) is 0 Å². The molecule has 0 fully saturated rings. The van der Waals surface area contributed by atoms with E-state index in [1.54, 1.807) is 0 Å². The van der Waals surface area contributed by atoms with E-state index in [0.717, 1.165) is 0 Å². The minimum atomic E-state index is -0.870.